The number of hydrogen-bond donors (Lipinski definition) is 1. The standard InChI is InChI=1S/C16H18BrNO3/c1-4-16(5-2,6-3)18-15(20)11-21-14-8-7-13(17)9-12(14)10-19/h1,7-10H,5-6,11H2,2-3H3,(H,18,20). The molecule has 0 atom stereocenters. The number of benzene rings is 1. The number of aldehydes is 1. The molecule has 0 saturated heterocycles. The summed E-state index contributed by atoms with van der Waals surface area (Å²) in [6, 6.07) is 5.00. The van der Waals surface area contributed by atoms with Gasteiger partial charge in [-0.05, 0) is 31.0 Å². The summed E-state index contributed by atoms with van der Waals surface area (Å²) in [6.45, 7) is 3.65. The smallest absolute Gasteiger partial charge is 0.259 e. The van der Waals surface area contributed by atoms with Gasteiger partial charge in [0, 0.05) is 4.47 Å². The van der Waals surface area contributed by atoms with E-state index in [2.05, 4.69) is 27.2 Å². The summed E-state index contributed by atoms with van der Waals surface area (Å²) in [5.74, 6) is 2.68. The van der Waals surface area contributed by atoms with Crippen LogP contribution >= 0.6 is 15.9 Å². The highest BCUT2D eigenvalue weighted by molar-refractivity contribution is 9.10. The Labute approximate surface area is 133 Å². The molecule has 1 rings (SSSR count). The third-order valence-electron chi connectivity index (χ3n) is 3.32. The van der Waals surface area contributed by atoms with Gasteiger partial charge in [0.15, 0.2) is 12.9 Å². The predicted molar refractivity (Wildman–Crippen MR) is 85.3 cm³/mol. The van der Waals surface area contributed by atoms with E-state index < -0.39 is 5.54 Å². The second kappa shape index (κ2) is 7.84. The third kappa shape index (κ3) is 4.61. The van der Waals surface area contributed by atoms with Crippen molar-refractivity contribution in [3.8, 4) is 18.1 Å². The van der Waals surface area contributed by atoms with Gasteiger partial charge in [-0.25, -0.2) is 0 Å². The number of nitrogens with one attached hydrogen (secondary N) is 1. The van der Waals surface area contributed by atoms with Crippen LogP contribution in [0.25, 0.3) is 0 Å². The Kier molecular flexibility index (Phi) is 6.44. The van der Waals surface area contributed by atoms with Crippen molar-refractivity contribution in [1.82, 2.24) is 5.32 Å². The first kappa shape index (κ1) is 17.3. The summed E-state index contributed by atoms with van der Waals surface area (Å²) in [5.41, 5.74) is -0.264. The normalized spacial score (nSPS) is 10.6. The fraction of sp³-hybridized carbons (Fsp3) is 0.375. The molecule has 0 radical (unpaired) electrons. The summed E-state index contributed by atoms with van der Waals surface area (Å²) in [5, 5.41) is 2.80. The Morgan fingerprint density at radius 2 is 2.14 bits per heavy atom. The van der Waals surface area contributed by atoms with Crippen molar-refractivity contribution in [2.75, 3.05) is 6.61 Å². The molecule has 0 saturated carbocycles. The molecule has 21 heavy (non-hydrogen) atoms. The van der Waals surface area contributed by atoms with Crippen LogP contribution in [0.3, 0.4) is 0 Å². The molecule has 0 aliphatic carbocycles. The SMILES string of the molecule is C#CC(CC)(CC)NC(=O)COc1ccc(Br)cc1C=O. The molecule has 1 amide bonds. The topological polar surface area (TPSA) is 55.4 Å². The maximum absolute atomic E-state index is 11.9. The molecule has 0 bridgehead atoms. The van der Waals surface area contributed by atoms with E-state index in [9.17, 15) is 9.59 Å². The van der Waals surface area contributed by atoms with E-state index in [0.717, 1.165) is 4.47 Å². The van der Waals surface area contributed by atoms with E-state index >= 15 is 0 Å². The van der Waals surface area contributed by atoms with Crippen molar-refractivity contribution in [2.45, 2.75) is 32.2 Å². The molecule has 112 valence electrons. The van der Waals surface area contributed by atoms with Crippen LogP contribution in [0, 0.1) is 12.3 Å². The quantitative estimate of drug-likeness (QED) is 0.606. The molecule has 0 heterocycles. The summed E-state index contributed by atoms with van der Waals surface area (Å²) in [6.07, 6.45) is 7.46. The lowest BCUT2D eigenvalue weighted by Crippen LogP contribution is -2.48. The molecule has 0 aliphatic heterocycles. The van der Waals surface area contributed by atoms with E-state index in [0.29, 0.717) is 30.4 Å². The Morgan fingerprint density at radius 1 is 1.48 bits per heavy atom. The number of rotatable bonds is 7. The average molecular weight is 352 g/mol. The van der Waals surface area contributed by atoms with Gasteiger partial charge in [-0.1, -0.05) is 35.7 Å². The first-order valence-electron chi connectivity index (χ1n) is 6.66. The monoisotopic (exact) mass is 351 g/mol. The molecule has 0 fully saturated rings. The van der Waals surface area contributed by atoms with Gasteiger partial charge < -0.3 is 10.1 Å². The zero-order valence-corrected chi connectivity index (χ0v) is 13.7. The number of halogens is 1. The number of carbonyl (C=O) groups is 2. The molecule has 1 aromatic rings. The lowest BCUT2D eigenvalue weighted by Gasteiger charge is -2.27. The molecule has 0 aliphatic rings. The van der Waals surface area contributed by atoms with E-state index in [1.165, 1.54) is 0 Å². The Hall–Kier alpha value is -1.80. The van der Waals surface area contributed by atoms with Gasteiger partial charge in [0.05, 0.1) is 5.56 Å². The Balaban J connectivity index is 2.70. The minimum Gasteiger partial charge on any atom is -0.483 e. The summed E-state index contributed by atoms with van der Waals surface area (Å²) in [4.78, 5) is 22.9. The lowest BCUT2D eigenvalue weighted by atomic mass is 9.94. The van der Waals surface area contributed by atoms with Crippen LogP contribution in [0.2, 0.25) is 0 Å². The molecule has 1 aromatic carbocycles. The highest BCUT2D eigenvalue weighted by atomic mass is 79.9. The zero-order valence-electron chi connectivity index (χ0n) is 12.1. The van der Waals surface area contributed by atoms with Crippen LogP contribution in [-0.4, -0.2) is 24.3 Å². The van der Waals surface area contributed by atoms with Crippen LogP contribution in [0.15, 0.2) is 22.7 Å². The summed E-state index contributed by atoms with van der Waals surface area (Å²) in [7, 11) is 0. The molecule has 0 aromatic heterocycles. The van der Waals surface area contributed by atoms with Crippen LogP contribution in [0.1, 0.15) is 37.0 Å². The van der Waals surface area contributed by atoms with E-state index in [1.807, 2.05) is 13.8 Å². The van der Waals surface area contributed by atoms with Crippen LogP contribution < -0.4 is 10.1 Å². The Bertz CT molecular complexity index is 559. The Morgan fingerprint density at radius 3 is 2.67 bits per heavy atom. The first-order valence-corrected chi connectivity index (χ1v) is 7.45. The molecule has 1 N–H and O–H groups in total. The van der Waals surface area contributed by atoms with Crippen molar-refractivity contribution in [3.63, 3.8) is 0 Å². The predicted octanol–water partition coefficient (Wildman–Crippen LogP) is 2.95. The van der Waals surface area contributed by atoms with Gasteiger partial charge in [-0.15, -0.1) is 6.42 Å². The molecular formula is C16H18BrNO3. The van der Waals surface area contributed by atoms with E-state index in [1.54, 1.807) is 18.2 Å². The lowest BCUT2D eigenvalue weighted by molar-refractivity contribution is -0.124. The number of ether oxygens (including phenoxy) is 1. The van der Waals surface area contributed by atoms with Crippen molar-refractivity contribution >= 4 is 28.1 Å². The molecule has 4 nitrogen and oxygen atoms in total. The maximum atomic E-state index is 11.9. The van der Waals surface area contributed by atoms with E-state index in [-0.39, 0.29) is 12.5 Å². The van der Waals surface area contributed by atoms with Crippen molar-refractivity contribution in [3.05, 3.63) is 28.2 Å². The number of amides is 1. The number of carbonyl (C=O) groups excluding carboxylic acids is 2. The number of hydrogen-bond acceptors (Lipinski definition) is 3. The van der Waals surface area contributed by atoms with Crippen molar-refractivity contribution in [2.24, 2.45) is 0 Å². The average Bonchev–Trinajstić information content (AvgIpc) is 2.51. The van der Waals surface area contributed by atoms with Gasteiger partial charge in [-0.2, -0.15) is 0 Å². The van der Waals surface area contributed by atoms with Gasteiger partial charge >= 0.3 is 0 Å². The second-order valence-electron chi connectivity index (χ2n) is 4.57. The fourth-order valence-electron chi connectivity index (χ4n) is 1.86. The van der Waals surface area contributed by atoms with Gasteiger partial charge in [-0.3, -0.25) is 9.59 Å². The first-order chi connectivity index (χ1) is 10.00. The summed E-state index contributed by atoms with van der Waals surface area (Å²) >= 11 is 3.27. The van der Waals surface area contributed by atoms with Gasteiger partial charge in [0.1, 0.15) is 11.3 Å². The second-order valence-corrected chi connectivity index (χ2v) is 5.49. The van der Waals surface area contributed by atoms with Crippen molar-refractivity contribution < 1.29 is 14.3 Å². The number of terminal acetylenes is 1. The molecule has 5 heteroatoms. The van der Waals surface area contributed by atoms with Crippen molar-refractivity contribution in [1.29, 1.82) is 0 Å². The maximum Gasteiger partial charge on any atom is 0.259 e. The molecule has 0 spiro atoms. The highest BCUT2D eigenvalue weighted by Crippen LogP contribution is 2.21. The van der Waals surface area contributed by atoms with Gasteiger partial charge in [0.2, 0.25) is 0 Å². The fourth-order valence-corrected chi connectivity index (χ4v) is 2.23. The molecule has 0 unspecified atom stereocenters. The van der Waals surface area contributed by atoms with E-state index in [4.69, 9.17) is 11.2 Å². The third-order valence-corrected chi connectivity index (χ3v) is 3.81. The van der Waals surface area contributed by atoms with Crippen LogP contribution in [0.4, 0.5) is 0 Å². The summed E-state index contributed by atoms with van der Waals surface area (Å²) < 4.78 is 6.16. The highest BCUT2D eigenvalue weighted by Gasteiger charge is 2.25. The molecular weight excluding hydrogens is 334 g/mol. The minimum absolute atomic E-state index is 0.189. The van der Waals surface area contributed by atoms with Crippen LogP contribution in [-0.2, 0) is 4.79 Å². The van der Waals surface area contributed by atoms with Gasteiger partial charge in [0.25, 0.3) is 5.91 Å². The zero-order chi connectivity index (χ0) is 15.9. The minimum atomic E-state index is -0.645. The van der Waals surface area contributed by atoms with Crippen LogP contribution in [0.5, 0.6) is 5.75 Å². The largest absolute Gasteiger partial charge is 0.483 e.